The minimum absolute atomic E-state index is 0. The van der Waals surface area contributed by atoms with Gasteiger partial charge in [0.05, 0.1) is 22.0 Å². The van der Waals surface area contributed by atoms with Crippen molar-refractivity contribution in [3.63, 3.8) is 0 Å². The Labute approximate surface area is 165 Å². The fraction of sp³-hybridized carbons (Fsp3) is 0.588. The Morgan fingerprint density at radius 2 is 2.08 bits per heavy atom. The molecule has 0 saturated carbocycles. The number of aliphatic hydroxyl groups excluding tert-OH is 1. The van der Waals surface area contributed by atoms with Gasteiger partial charge in [0, 0.05) is 30.4 Å². The first-order chi connectivity index (χ1) is 11.8. The fourth-order valence-corrected chi connectivity index (χ4v) is 5.59. The van der Waals surface area contributed by atoms with Crippen molar-refractivity contribution in [3.8, 4) is 0 Å². The molecule has 1 heterocycles. The summed E-state index contributed by atoms with van der Waals surface area (Å²) >= 11 is 1.24. The van der Waals surface area contributed by atoms with E-state index in [0.29, 0.717) is 31.0 Å². The summed E-state index contributed by atoms with van der Waals surface area (Å²) in [5.41, 5.74) is 0. The zero-order chi connectivity index (χ0) is 18.4. The highest BCUT2D eigenvalue weighted by Crippen LogP contribution is 2.30. The summed E-state index contributed by atoms with van der Waals surface area (Å²) < 4.78 is 24.8. The van der Waals surface area contributed by atoms with E-state index in [2.05, 4.69) is 10.6 Å². The Hall–Kier alpha value is -0.800. The minimum Gasteiger partial charge on any atom is -0.391 e. The molecule has 1 aromatic rings. The van der Waals surface area contributed by atoms with Crippen LogP contribution < -0.4 is 10.6 Å². The molecule has 0 aliphatic carbocycles. The smallest absolute Gasteiger partial charge is 0.233 e. The standard InChI is InChI=1S/C17H26N2O4S2.ClH/c1-3-8-25(22,23)16-7-5-4-6-15(16)24-12(2)17(21)19-10-13-9-18-11-14(13)20;/h4-7,12-14,18,20H,3,8-11H2,1-2H3,(H,19,21);1H. The molecule has 1 amide bonds. The maximum Gasteiger partial charge on any atom is 0.233 e. The molecule has 0 spiro atoms. The van der Waals surface area contributed by atoms with Crippen LogP contribution in [0.4, 0.5) is 0 Å². The SMILES string of the molecule is CCCS(=O)(=O)c1ccccc1SC(C)C(=O)NCC1CNCC1O.Cl. The lowest BCUT2D eigenvalue weighted by molar-refractivity contribution is -0.120. The molecule has 6 nitrogen and oxygen atoms in total. The Morgan fingerprint density at radius 3 is 2.69 bits per heavy atom. The van der Waals surface area contributed by atoms with Crippen LogP contribution in [-0.2, 0) is 14.6 Å². The number of halogens is 1. The monoisotopic (exact) mass is 422 g/mol. The van der Waals surface area contributed by atoms with Gasteiger partial charge in [-0.05, 0) is 25.5 Å². The van der Waals surface area contributed by atoms with Gasteiger partial charge >= 0.3 is 0 Å². The molecular weight excluding hydrogens is 396 g/mol. The normalized spacial score (nSPS) is 21.0. The van der Waals surface area contributed by atoms with Gasteiger partial charge < -0.3 is 15.7 Å². The molecule has 1 aliphatic heterocycles. The van der Waals surface area contributed by atoms with E-state index in [0.717, 1.165) is 0 Å². The number of sulfone groups is 1. The number of nitrogens with one attached hydrogen (secondary N) is 2. The largest absolute Gasteiger partial charge is 0.391 e. The second-order valence-electron chi connectivity index (χ2n) is 6.26. The maximum atomic E-state index is 12.4. The van der Waals surface area contributed by atoms with Gasteiger partial charge in [-0.3, -0.25) is 4.79 Å². The first-order valence-corrected chi connectivity index (χ1v) is 11.0. The van der Waals surface area contributed by atoms with Crippen LogP contribution >= 0.6 is 24.2 Å². The lowest BCUT2D eigenvalue weighted by Crippen LogP contribution is -2.38. The van der Waals surface area contributed by atoms with Crippen LogP contribution in [0, 0.1) is 5.92 Å². The van der Waals surface area contributed by atoms with Gasteiger partial charge in [-0.25, -0.2) is 8.42 Å². The van der Waals surface area contributed by atoms with Crippen LogP contribution in [0.5, 0.6) is 0 Å². The quantitative estimate of drug-likeness (QED) is 0.549. The molecule has 1 fully saturated rings. The molecule has 1 aromatic carbocycles. The van der Waals surface area contributed by atoms with Crippen molar-refractivity contribution in [2.45, 2.75) is 41.4 Å². The molecule has 9 heteroatoms. The third-order valence-electron chi connectivity index (χ3n) is 4.17. The van der Waals surface area contributed by atoms with Crippen LogP contribution in [0.1, 0.15) is 20.3 Å². The van der Waals surface area contributed by atoms with Gasteiger partial charge in [-0.2, -0.15) is 0 Å². The number of hydrogen-bond acceptors (Lipinski definition) is 6. The second kappa shape index (κ2) is 10.5. The van der Waals surface area contributed by atoms with Crippen molar-refractivity contribution < 1.29 is 18.3 Å². The summed E-state index contributed by atoms with van der Waals surface area (Å²) in [6, 6.07) is 6.81. The molecule has 1 saturated heterocycles. The molecule has 3 unspecified atom stereocenters. The second-order valence-corrected chi connectivity index (χ2v) is 9.72. The Bertz CT molecular complexity index is 700. The van der Waals surface area contributed by atoms with E-state index in [-0.39, 0.29) is 34.9 Å². The number of amides is 1. The van der Waals surface area contributed by atoms with E-state index in [4.69, 9.17) is 0 Å². The molecule has 3 N–H and O–H groups in total. The lowest BCUT2D eigenvalue weighted by Gasteiger charge is -2.17. The van der Waals surface area contributed by atoms with E-state index >= 15 is 0 Å². The topological polar surface area (TPSA) is 95.5 Å². The average molecular weight is 423 g/mol. The van der Waals surface area contributed by atoms with Crippen LogP contribution in [0.15, 0.2) is 34.1 Å². The first-order valence-electron chi connectivity index (χ1n) is 8.50. The Balaban J connectivity index is 0.00000338. The highest BCUT2D eigenvalue weighted by atomic mass is 35.5. The predicted molar refractivity (Wildman–Crippen MR) is 107 cm³/mol. The van der Waals surface area contributed by atoms with Crippen LogP contribution in [-0.4, -0.2) is 56.2 Å². The number of β-amino-alcohol motifs (C(OH)–C–C–N with tert-alkyl or cyclic N) is 1. The molecule has 1 aliphatic rings. The molecular formula is C17H27ClN2O4S2. The van der Waals surface area contributed by atoms with Gasteiger partial charge in [0.1, 0.15) is 0 Å². The van der Waals surface area contributed by atoms with Crippen LogP contribution in [0.3, 0.4) is 0 Å². The molecule has 0 radical (unpaired) electrons. The summed E-state index contributed by atoms with van der Waals surface area (Å²) in [6.07, 6.45) is 0.109. The van der Waals surface area contributed by atoms with Crippen LogP contribution in [0.25, 0.3) is 0 Å². The number of aliphatic hydroxyl groups is 1. The Morgan fingerprint density at radius 1 is 1.38 bits per heavy atom. The Kier molecular flexibility index (Phi) is 9.40. The van der Waals surface area contributed by atoms with E-state index in [1.165, 1.54) is 11.8 Å². The highest BCUT2D eigenvalue weighted by Gasteiger charge is 2.26. The summed E-state index contributed by atoms with van der Waals surface area (Å²) in [6.45, 7) is 5.23. The van der Waals surface area contributed by atoms with Gasteiger partial charge in [0.15, 0.2) is 9.84 Å². The first kappa shape index (κ1) is 23.2. The van der Waals surface area contributed by atoms with Gasteiger partial charge in [0.2, 0.25) is 5.91 Å². The molecule has 148 valence electrons. The van der Waals surface area contributed by atoms with Crippen molar-refractivity contribution >= 4 is 39.9 Å². The third kappa shape index (κ3) is 6.13. The highest BCUT2D eigenvalue weighted by molar-refractivity contribution is 8.01. The van der Waals surface area contributed by atoms with E-state index in [9.17, 15) is 18.3 Å². The van der Waals surface area contributed by atoms with Gasteiger partial charge in [-0.1, -0.05) is 19.1 Å². The van der Waals surface area contributed by atoms with Crippen molar-refractivity contribution in [3.05, 3.63) is 24.3 Å². The van der Waals surface area contributed by atoms with Crippen molar-refractivity contribution in [2.75, 3.05) is 25.4 Å². The zero-order valence-electron chi connectivity index (χ0n) is 15.0. The number of hydrogen-bond donors (Lipinski definition) is 3. The fourth-order valence-electron chi connectivity index (χ4n) is 2.73. The molecule has 0 bridgehead atoms. The third-order valence-corrected chi connectivity index (χ3v) is 7.45. The van der Waals surface area contributed by atoms with Crippen LogP contribution in [0.2, 0.25) is 0 Å². The summed E-state index contributed by atoms with van der Waals surface area (Å²) in [4.78, 5) is 13.2. The summed E-state index contributed by atoms with van der Waals surface area (Å²) in [5.74, 6) is -0.0530. The lowest BCUT2D eigenvalue weighted by atomic mass is 10.1. The van der Waals surface area contributed by atoms with Crippen molar-refractivity contribution in [1.82, 2.24) is 10.6 Å². The van der Waals surface area contributed by atoms with E-state index in [1.54, 1.807) is 31.2 Å². The molecule has 2 rings (SSSR count). The maximum absolute atomic E-state index is 12.4. The molecule has 0 aromatic heterocycles. The summed E-state index contributed by atoms with van der Waals surface area (Å²) in [7, 11) is -3.34. The minimum atomic E-state index is -3.34. The summed E-state index contributed by atoms with van der Waals surface area (Å²) in [5, 5.41) is 15.3. The van der Waals surface area contributed by atoms with Gasteiger partial charge in [-0.15, -0.1) is 24.2 Å². The number of carbonyl (C=O) groups excluding carboxylic acids is 1. The molecule has 26 heavy (non-hydrogen) atoms. The van der Waals surface area contributed by atoms with Gasteiger partial charge in [0.25, 0.3) is 0 Å². The number of carbonyl (C=O) groups is 1. The predicted octanol–water partition coefficient (Wildman–Crippen LogP) is 1.47. The van der Waals surface area contributed by atoms with Crippen molar-refractivity contribution in [1.29, 1.82) is 0 Å². The van der Waals surface area contributed by atoms with E-state index in [1.807, 2.05) is 6.92 Å². The van der Waals surface area contributed by atoms with E-state index < -0.39 is 21.2 Å². The zero-order valence-corrected chi connectivity index (χ0v) is 17.4. The molecule has 3 atom stereocenters. The average Bonchev–Trinajstić information content (AvgIpc) is 2.98. The number of benzene rings is 1. The van der Waals surface area contributed by atoms with Crippen molar-refractivity contribution in [2.24, 2.45) is 5.92 Å². The number of thioether (sulfide) groups is 1. The number of rotatable bonds is 8.